The fourth-order valence-electron chi connectivity index (χ4n) is 22.0. The van der Waals surface area contributed by atoms with Crippen molar-refractivity contribution in [2.24, 2.45) is 0 Å². The normalized spacial score (nSPS) is 14.2. The highest BCUT2D eigenvalue weighted by atomic mass is 16.2. The molecule has 6 aromatic heterocycles. The van der Waals surface area contributed by atoms with Gasteiger partial charge < -0.3 is 0 Å². The second kappa shape index (κ2) is 33.7. The number of rotatable bonds is 39. The molecule has 0 saturated carbocycles. The van der Waals surface area contributed by atoms with E-state index in [1.165, 1.54) is 14.7 Å². The van der Waals surface area contributed by atoms with E-state index in [1.54, 1.807) is 49.6 Å². The molecule has 6 amide bonds. The first-order valence-corrected chi connectivity index (χ1v) is 46.9. The highest BCUT2D eigenvalue weighted by molar-refractivity contribution is 6.36. The van der Waals surface area contributed by atoms with Crippen molar-refractivity contribution >= 4 is 182 Å². The fourth-order valence-corrected chi connectivity index (χ4v) is 22.0. The maximum atomic E-state index is 15.9. The lowest BCUT2D eigenvalue weighted by molar-refractivity contribution is 0.0501. The summed E-state index contributed by atoms with van der Waals surface area (Å²) in [6, 6.07) is 32.6. The molecule has 123 heavy (non-hydrogen) atoms. The van der Waals surface area contributed by atoms with Crippen molar-refractivity contribution in [3.63, 3.8) is 0 Å². The van der Waals surface area contributed by atoms with Gasteiger partial charge in [-0.05, 0) is 180 Å². The number of aromatic nitrogens is 6. The first-order chi connectivity index (χ1) is 60.1. The molecule has 19 rings (SSSR count). The molecule has 0 unspecified atom stereocenters. The molecule has 9 heterocycles. The van der Waals surface area contributed by atoms with E-state index in [-0.39, 0.29) is 70.2 Å². The van der Waals surface area contributed by atoms with Gasteiger partial charge in [0.25, 0.3) is 52.1 Å². The van der Waals surface area contributed by atoms with Crippen LogP contribution in [0.25, 0.3) is 147 Å². The first kappa shape index (κ1) is 81.3. The molecule has 630 valence electrons. The predicted octanol–water partition coefficient (Wildman–Crippen LogP) is 24.9. The third kappa shape index (κ3) is 13.3. The molecule has 3 aliphatic heterocycles. The third-order valence-electron chi connectivity index (χ3n) is 28.4. The van der Waals surface area contributed by atoms with Crippen LogP contribution in [0.15, 0.2) is 124 Å². The Bertz CT molecular complexity index is 6400. The molecule has 0 saturated heterocycles. The molecule has 0 bridgehead atoms. The smallest absolute Gasteiger partial charge is 0.264 e. The number of carbonyl (C=O) groups excluding carboxylic acids is 6. The molecule has 3 aliphatic rings. The molecule has 0 N–H and O–H groups in total. The number of nitrogens with zero attached hydrogens (tertiary/aromatic N) is 9. The van der Waals surface area contributed by atoms with Crippen LogP contribution in [0.5, 0.6) is 0 Å². The van der Waals surface area contributed by atoms with Gasteiger partial charge in [-0.15, -0.1) is 0 Å². The summed E-state index contributed by atoms with van der Waals surface area (Å²) < 4.78 is 4.92. The minimum absolute atomic E-state index is 0.268. The maximum Gasteiger partial charge on any atom is 0.264 e. The van der Waals surface area contributed by atoms with Crippen molar-refractivity contribution in [1.82, 2.24) is 42.9 Å². The average Bonchev–Trinajstić information content (AvgIpc) is 1.56. The monoisotopic (exact) mass is 1640 g/mol. The molecular weight excluding hydrogens is 1530 g/mol. The van der Waals surface area contributed by atoms with Gasteiger partial charge in [0.05, 0.1) is 33.1 Å². The highest BCUT2D eigenvalue weighted by Crippen LogP contribution is 2.47. The molecule has 0 atom stereocenters. The van der Waals surface area contributed by atoms with Crippen LogP contribution in [0.3, 0.4) is 0 Å². The number of hydrogen-bond donors (Lipinski definition) is 0. The fraction of sp³-hybridized carbons (Fsp3) is 0.429. The zero-order valence-corrected chi connectivity index (χ0v) is 72.3. The van der Waals surface area contributed by atoms with Crippen LogP contribution in [-0.2, 0) is 0 Å². The maximum absolute atomic E-state index is 15.9. The number of benzene rings is 10. The number of hydrogen-bond acceptors (Lipinski definition) is 12. The van der Waals surface area contributed by atoms with Crippen molar-refractivity contribution in [2.45, 2.75) is 291 Å². The van der Waals surface area contributed by atoms with Crippen molar-refractivity contribution < 1.29 is 28.8 Å². The van der Waals surface area contributed by atoms with E-state index in [4.69, 9.17) is 15.0 Å². The number of imide groups is 3. The second-order valence-electron chi connectivity index (χ2n) is 36.2. The van der Waals surface area contributed by atoms with Gasteiger partial charge in [-0.1, -0.05) is 234 Å². The number of pyridine rings is 3. The van der Waals surface area contributed by atoms with Gasteiger partial charge in [-0.3, -0.25) is 71.1 Å². The van der Waals surface area contributed by atoms with Gasteiger partial charge in [-0.2, -0.15) is 0 Å². The van der Waals surface area contributed by atoms with Crippen LogP contribution in [0.1, 0.15) is 335 Å². The molecule has 0 fully saturated rings. The molecule has 0 radical (unpaired) electrons. The quantitative estimate of drug-likeness (QED) is 0.0200. The van der Waals surface area contributed by atoms with Crippen molar-refractivity contribution in [3.8, 4) is 0 Å². The summed E-state index contributed by atoms with van der Waals surface area (Å²) in [6.07, 6.45) is 36.2. The molecule has 0 spiro atoms. The number of fused-ring (bicyclic) bond motifs is 18. The largest absolute Gasteiger partial charge is 0.271 e. The summed E-state index contributed by atoms with van der Waals surface area (Å²) in [6.45, 7) is 13.2. The lowest BCUT2D eigenvalue weighted by Gasteiger charge is -2.34. The SMILES string of the molecule is CCCCCCCC(CCCCCCC)N1C(=O)c2ccc3c(=O)n4c5cc6c(cc5nc4c4ccc(c2c34)C1=O)c1cc2c(cc1c1cc3c(cc61)nc1c4ccc5c6c(ccc(c(=O)n31)c64)C(=O)N(C(CCCCCCC)CCCCCCC)C5=O)nc1c3ccc4c5c(ccc(c(=O)n21)c53)C(=O)N(C(CCCCCCC)CCCCCCC)C4=O. The van der Waals surface area contributed by atoms with Crippen LogP contribution in [0.4, 0.5) is 0 Å². The Morgan fingerprint density at radius 1 is 0.220 bits per heavy atom. The Labute approximate surface area is 714 Å². The summed E-state index contributed by atoms with van der Waals surface area (Å²) in [7, 11) is 0. The number of unbranched alkanes of at least 4 members (excludes halogenated alkanes) is 24. The van der Waals surface area contributed by atoms with Gasteiger partial charge >= 0.3 is 0 Å². The molecule has 18 heteroatoms. The van der Waals surface area contributed by atoms with Crippen LogP contribution in [0.2, 0.25) is 0 Å². The van der Waals surface area contributed by atoms with E-state index >= 15 is 43.2 Å². The van der Waals surface area contributed by atoms with Crippen LogP contribution < -0.4 is 16.7 Å². The number of amides is 6. The van der Waals surface area contributed by atoms with Crippen LogP contribution in [0, 0.1) is 0 Å². The topological polar surface area (TPSA) is 215 Å². The third-order valence-corrected chi connectivity index (χ3v) is 28.4. The zero-order chi connectivity index (χ0) is 84.7. The van der Waals surface area contributed by atoms with E-state index in [1.807, 2.05) is 72.8 Å². The van der Waals surface area contributed by atoms with Gasteiger partial charge in [0, 0.05) is 116 Å². The molecule has 10 aromatic carbocycles. The minimum atomic E-state index is -0.371. The van der Waals surface area contributed by atoms with Crippen molar-refractivity contribution in [3.05, 3.63) is 174 Å². The Kier molecular flexibility index (Phi) is 22.3. The summed E-state index contributed by atoms with van der Waals surface area (Å²) in [5.41, 5.74) is 5.24. The number of carbonyl (C=O) groups is 6. The number of imidazole rings is 3. The van der Waals surface area contributed by atoms with Crippen molar-refractivity contribution in [2.75, 3.05) is 0 Å². The van der Waals surface area contributed by atoms with E-state index in [0.29, 0.717) is 164 Å². The lowest BCUT2D eigenvalue weighted by Crippen LogP contribution is -2.47. The lowest BCUT2D eigenvalue weighted by atomic mass is 9.88. The Morgan fingerprint density at radius 3 is 0.626 bits per heavy atom. The minimum Gasteiger partial charge on any atom is -0.271 e. The molecule has 16 aromatic rings. The molecule has 0 aliphatic carbocycles. The van der Waals surface area contributed by atoms with E-state index in [9.17, 15) is 0 Å². The first-order valence-electron chi connectivity index (χ1n) is 46.9. The summed E-state index contributed by atoms with van der Waals surface area (Å²) >= 11 is 0. The summed E-state index contributed by atoms with van der Waals surface area (Å²) in [4.78, 5) is 160. The predicted molar refractivity (Wildman–Crippen MR) is 498 cm³/mol. The standard InChI is InChI=1S/C105H111N9O9/c1-7-13-19-25-31-37-61(38-32-26-20-14-8-2)109-97(115)70-46-43-64-88-67(49-52-73(91(70)88)100(109)118)103(121)112-85-58-79-76(55-82(85)106-94(64)112)80-59-86-84(108-96-66-45-48-72-93-74(53-50-68(90(66)93)104(122)113(86)96)101(119)111(99(72)117)63(41-35-29-23-17-11-5)42-36-30-24-18-12-6)57-78(80)81-60-87-83(56-77(79)81)107-95-65-44-47-71-92-75(54-51-69(89(65)92)105(123)114(87)95)102(120)110(98(71)116)62(39-33-27-21-15-9-3)40-34-28-22-16-10-4/h43-63H,7-42H2,1-6H3. The highest BCUT2D eigenvalue weighted by Gasteiger charge is 2.43. The van der Waals surface area contributed by atoms with Gasteiger partial charge in [0.2, 0.25) is 0 Å². The van der Waals surface area contributed by atoms with Crippen molar-refractivity contribution in [1.29, 1.82) is 0 Å². The Balaban J connectivity index is 0.794. The second-order valence-corrected chi connectivity index (χ2v) is 36.2. The Morgan fingerprint density at radius 2 is 0.415 bits per heavy atom. The van der Waals surface area contributed by atoms with Crippen LogP contribution in [-0.4, -0.2) is 96.4 Å². The summed E-state index contributed by atoms with van der Waals surface area (Å²) in [5.74, 6) is -2.05. The van der Waals surface area contributed by atoms with E-state index in [0.717, 1.165) is 247 Å². The average molecular weight is 1640 g/mol. The van der Waals surface area contributed by atoms with Gasteiger partial charge in [-0.25, -0.2) is 15.0 Å². The Hall–Kier alpha value is -11.4. The van der Waals surface area contributed by atoms with E-state index in [2.05, 4.69) is 41.5 Å². The van der Waals surface area contributed by atoms with E-state index < -0.39 is 0 Å². The van der Waals surface area contributed by atoms with Gasteiger partial charge in [0.1, 0.15) is 16.9 Å². The zero-order valence-electron chi connectivity index (χ0n) is 72.3. The molecular formula is C105H111N9O9. The van der Waals surface area contributed by atoms with Gasteiger partial charge in [0.15, 0.2) is 0 Å². The summed E-state index contributed by atoms with van der Waals surface area (Å²) in [5, 5.41) is 10.0. The molecule has 18 nitrogen and oxygen atoms in total. The van der Waals surface area contributed by atoms with Crippen LogP contribution >= 0.6 is 0 Å².